The minimum Gasteiger partial charge on any atom is -0.492 e. The maximum absolute atomic E-state index is 10.9. The number of carboxylic acid groups (broad SMARTS) is 1. The molecule has 0 bridgehead atoms. The first-order valence-electron chi connectivity index (χ1n) is 7.93. The van der Waals surface area contributed by atoms with Crippen molar-refractivity contribution < 1.29 is 19.4 Å². The van der Waals surface area contributed by atoms with Gasteiger partial charge >= 0.3 is 5.97 Å². The van der Waals surface area contributed by atoms with Gasteiger partial charge in [-0.2, -0.15) is 0 Å². The first-order chi connectivity index (χ1) is 10.7. The van der Waals surface area contributed by atoms with Crippen LogP contribution in [0.2, 0.25) is 0 Å². The normalized spacial score (nSPS) is 21.1. The molecule has 0 radical (unpaired) electrons. The fourth-order valence-corrected chi connectivity index (χ4v) is 3.44. The van der Waals surface area contributed by atoms with Gasteiger partial charge in [0.1, 0.15) is 12.4 Å². The molecule has 0 aromatic heterocycles. The zero-order chi connectivity index (χ0) is 15.4. The molecule has 2 heterocycles. The average molecular weight is 305 g/mol. The Balaban J connectivity index is 1.46. The van der Waals surface area contributed by atoms with Crippen LogP contribution in [0.15, 0.2) is 24.3 Å². The quantitative estimate of drug-likeness (QED) is 0.904. The van der Waals surface area contributed by atoms with Crippen molar-refractivity contribution in [1.82, 2.24) is 4.90 Å². The summed E-state index contributed by atoms with van der Waals surface area (Å²) in [7, 11) is 0. The lowest BCUT2D eigenvalue weighted by molar-refractivity contribution is 0.0189. The van der Waals surface area contributed by atoms with E-state index in [9.17, 15) is 4.79 Å². The molecule has 120 valence electrons. The number of carboxylic acids is 1. The third-order valence-electron chi connectivity index (χ3n) is 4.83. The summed E-state index contributed by atoms with van der Waals surface area (Å²) in [5.74, 6) is -0.300. The first-order valence-corrected chi connectivity index (χ1v) is 7.93. The van der Waals surface area contributed by atoms with Gasteiger partial charge in [0.25, 0.3) is 0 Å². The number of nitrogens with zero attached hydrogens (tertiary/aromatic N) is 1. The highest BCUT2D eigenvalue weighted by molar-refractivity contribution is 5.87. The van der Waals surface area contributed by atoms with Gasteiger partial charge in [-0.1, -0.05) is 6.07 Å². The Kier molecular flexibility index (Phi) is 4.64. The number of carbonyl (C=O) groups is 1. The number of ether oxygens (including phenoxy) is 2. The highest BCUT2D eigenvalue weighted by Gasteiger charge is 2.38. The van der Waals surface area contributed by atoms with E-state index in [1.165, 1.54) is 19.3 Å². The Morgan fingerprint density at radius 1 is 1.32 bits per heavy atom. The van der Waals surface area contributed by atoms with Gasteiger partial charge < -0.3 is 14.6 Å². The molecule has 1 spiro atoms. The molecule has 2 fully saturated rings. The largest absolute Gasteiger partial charge is 0.492 e. The van der Waals surface area contributed by atoms with E-state index < -0.39 is 5.97 Å². The van der Waals surface area contributed by atoms with Crippen molar-refractivity contribution >= 4 is 5.97 Å². The van der Waals surface area contributed by atoms with E-state index in [4.69, 9.17) is 14.6 Å². The third-order valence-corrected chi connectivity index (χ3v) is 4.83. The lowest BCUT2D eigenvalue weighted by atomic mass is 9.80. The maximum Gasteiger partial charge on any atom is 0.335 e. The topological polar surface area (TPSA) is 59.0 Å². The van der Waals surface area contributed by atoms with Gasteiger partial charge in [-0.05, 0) is 49.4 Å². The van der Waals surface area contributed by atoms with Crippen LogP contribution < -0.4 is 4.74 Å². The summed E-state index contributed by atoms with van der Waals surface area (Å²) < 4.78 is 11.2. The molecule has 2 aliphatic rings. The van der Waals surface area contributed by atoms with E-state index >= 15 is 0 Å². The summed E-state index contributed by atoms with van der Waals surface area (Å²) >= 11 is 0. The molecule has 5 heteroatoms. The summed E-state index contributed by atoms with van der Waals surface area (Å²) in [4.78, 5) is 13.4. The van der Waals surface area contributed by atoms with E-state index in [-0.39, 0.29) is 5.56 Å². The summed E-state index contributed by atoms with van der Waals surface area (Å²) in [5, 5.41) is 8.97. The van der Waals surface area contributed by atoms with Gasteiger partial charge in [0.05, 0.1) is 5.56 Å². The number of hydrogen-bond acceptors (Lipinski definition) is 4. The fraction of sp³-hybridized carbons (Fsp3) is 0.588. The molecule has 1 N–H and O–H groups in total. The fourth-order valence-electron chi connectivity index (χ4n) is 3.44. The van der Waals surface area contributed by atoms with Crippen molar-refractivity contribution in [2.75, 3.05) is 39.5 Å². The van der Waals surface area contributed by atoms with Crippen molar-refractivity contribution in [1.29, 1.82) is 0 Å². The average Bonchev–Trinajstić information content (AvgIpc) is 2.91. The molecule has 1 aromatic rings. The molecule has 0 amide bonds. The predicted molar refractivity (Wildman–Crippen MR) is 82.4 cm³/mol. The SMILES string of the molecule is O=C(O)c1cccc(OCCN2CCC3(CCOCC3)C2)c1. The van der Waals surface area contributed by atoms with Crippen molar-refractivity contribution in [3.63, 3.8) is 0 Å². The Labute approximate surface area is 130 Å². The molecule has 1 aromatic carbocycles. The molecule has 0 aliphatic carbocycles. The van der Waals surface area contributed by atoms with Crippen LogP contribution in [0.5, 0.6) is 5.75 Å². The summed E-state index contributed by atoms with van der Waals surface area (Å²) in [6, 6.07) is 6.67. The molecule has 2 saturated heterocycles. The Bertz CT molecular complexity index is 525. The molecule has 0 saturated carbocycles. The third kappa shape index (κ3) is 3.59. The van der Waals surface area contributed by atoms with Crippen LogP contribution in [0.3, 0.4) is 0 Å². The highest BCUT2D eigenvalue weighted by Crippen LogP contribution is 2.39. The van der Waals surface area contributed by atoms with Crippen molar-refractivity contribution in [2.24, 2.45) is 5.41 Å². The second-order valence-corrected chi connectivity index (χ2v) is 6.32. The number of rotatable bonds is 5. The predicted octanol–water partition coefficient (Wildman–Crippen LogP) is 2.27. The molecule has 0 unspecified atom stereocenters. The van der Waals surface area contributed by atoms with Crippen molar-refractivity contribution in [3.8, 4) is 5.75 Å². The first kappa shape index (κ1) is 15.3. The Morgan fingerprint density at radius 2 is 2.14 bits per heavy atom. The molecule has 3 rings (SSSR count). The molecular weight excluding hydrogens is 282 g/mol. The minimum absolute atomic E-state index is 0.264. The van der Waals surface area contributed by atoms with Crippen LogP contribution in [-0.2, 0) is 4.74 Å². The number of hydrogen-bond donors (Lipinski definition) is 1. The summed E-state index contributed by atoms with van der Waals surface area (Å²) in [6.45, 7) is 5.53. The van der Waals surface area contributed by atoms with Gasteiger partial charge in [-0.25, -0.2) is 4.79 Å². The Morgan fingerprint density at radius 3 is 2.91 bits per heavy atom. The molecule has 2 aliphatic heterocycles. The van der Waals surface area contributed by atoms with Gasteiger partial charge in [-0.3, -0.25) is 4.90 Å². The zero-order valence-electron chi connectivity index (χ0n) is 12.8. The van der Waals surface area contributed by atoms with E-state index in [0.717, 1.165) is 32.8 Å². The van der Waals surface area contributed by atoms with E-state index in [2.05, 4.69) is 4.90 Å². The molecule has 22 heavy (non-hydrogen) atoms. The lowest BCUT2D eigenvalue weighted by Gasteiger charge is -2.33. The van der Waals surface area contributed by atoms with E-state index in [1.807, 2.05) is 0 Å². The van der Waals surface area contributed by atoms with Crippen LogP contribution in [0, 0.1) is 5.41 Å². The minimum atomic E-state index is -0.925. The number of benzene rings is 1. The zero-order valence-corrected chi connectivity index (χ0v) is 12.8. The van der Waals surface area contributed by atoms with Gasteiger partial charge in [-0.15, -0.1) is 0 Å². The lowest BCUT2D eigenvalue weighted by Crippen LogP contribution is -2.34. The van der Waals surface area contributed by atoms with Crippen LogP contribution in [0.1, 0.15) is 29.6 Å². The summed E-state index contributed by atoms with van der Waals surface area (Å²) in [5.41, 5.74) is 0.724. The molecule has 0 atom stereocenters. The summed E-state index contributed by atoms with van der Waals surface area (Å²) in [6.07, 6.45) is 3.60. The van der Waals surface area contributed by atoms with Crippen LogP contribution in [0.25, 0.3) is 0 Å². The smallest absolute Gasteiger partial charge is 0.335 e. The van der Waals surface area contributed by atoms with Crippen molar-refractivity contribution in [2.45, 2.75) is 19.3 Å². The van der Waals surface area contributed by atoms with Gasteiger partial charge in [0.2, 0.25) is 0 Å². The van der Waals surface area contributed by atoms with Crippen molar-refractivity contribution in [3.05, 3.63) is 29.8 Å². The Hall–Kier alpha value is -1.59. The van der Waals surface area contributed by atoms with E-state index in [1.54, 1.807) is 24.3 Å². The second-order valence-electron chi connectivity index (χ2n) is 6.32. The second kappa shape index (κ2) is 6.67. The maximum atomic E-state index is 10.9. The van der Waals surface area contributed by atoms with Crippen LogP contribution >= 0.6 is 0 Å². The van der Waals surface area contributed by atoms with Crippen LogP contribution in [0.4, 0.5) is 0 Å². The van der Waals surface area contributed by atoms with Gasteiger partial charge in [0, 0.05) is 26.3 Å². The monoisotopic (exact) mass is 305 g/mol. The van der Waals surface area contributed by atoms with Gasteiger partial charge in [0.15, 0.2) is 0 Å². The highest BCUT2D eigenvalue weighted by atomic mass is 16.5. The number of likely N-dealkylation sites (tertiary alicyclic amines) is 1. The van der Waals surface area contributed by atoms with E-state index in [0.29, 0.717) is 17.8 Å². The van der Waals surface area contributed by atoms with Crippen LogP contribution in [-0.4, -0.2) is 55.4 Å². The standard InChI is InChI=1S/C17H23NO4/c19-16(20)14-2-1-3-15(12-14)22-11-8-18-7-4-17(13-18)5-9-21-10-6-17/h1-3,12H,4-11,13H2,(H,19,20). The number of aromatic carboxylic acids is 1. The molecule has 5 nitrogen and oxygen atoms in total. The molecular formula is C17H23NO4.